The number of nitrogens with zero attached hydrogens (tertiary/aromatic N) is 1. The van der Waals surface area contributed by atoms with Crippen molar-refractivity contribution < 1.29 is 14.3 Å². The molecule has 0 N–H and O–H groups in total. The van der Waals surface area contributed by atoms with E-state index in [9.17, 15) is 4.79 Å². The predicted octanol–water partition coefficient (Wildman–Crippen LogP) is 2.75. The lowest BCUT2D eigenvalue weighted by Crippen LogP contribution is -2.45. The molecule has 0 radical (unpaired) electrons. The summed E-state index contributed by atoms with van der Waals surface area (Å²) in [4.78, 5) is 14.0. The predicted molar refractivity (Wildman–Crippen MR) is 82.8 cm³/mol. The van der Waals surface area contributed by atoms with Gasteiger partial charge in [-0.1, -0.05) is 12.1 Å². The number of carbonyl (C=O) groups excluding carboxylic acids is 1. The number of benzene rings is 1. The van der Waals surface area contributed by atoms with E-state index in [1.807, 2.05) is 30.0 Å². The quantitative estimate of drug-likeness (QED) is 0.785. The summed E-state index contributed by atoms with van der Waals surface area (Å²) in [5.74, 6) is 0.789. The smallest absolute Gasteiger partial charge is 0.238 e. The summed E-state index contributed by atoms with van der Waals surface area (Å²) < 4.78 is 10.8. The molecule has 1 aromatic rings. The van der Waals surface area contributed by atoms with Crippen molar-refractivity contribution in [1.82, 2.24) is 4.90 Å². The van der Waals surface area contributed by atoms with Crippen LogP contribution >= 0.6 is 11.6 Å². The zero-order valence-electron chi connectivity index (χ0n) is 12.6. The van der Waals surface area contributed by atoms with E-state index in [0.717, 1.165) is 36.3 Å². The Hall–Kier alpha value is -1.26. The number of carbonyl (C=O) groups is 1. The summed E-state index contributed by atoms with van der Waals surface area (Å²) in [7, 11) is 1.66. The van der Waals surface area contributed by atoms with Crippen LogP contribution in [0.2, 0.25) is 0 Å². The minimum atomic E-state index is -0.0493. The molecule has 4 nitrogen and oxygen atoms in total. The molecule has 5 heteroatoms. The number of hydrogen-bond acceptors (Lipinski definition) is 3. The van der Waals surface area contributed by atoms with Crippen LogP contribution in [-0.4, -0.2) is 43.1 Å². The first-order valence-corrected chi connectivity index (χ1v) is 7.76. The van der Waals surface area contributed by atoms with Crippen LogP contribution in [-0.2, 0) is 16.1 Å². The number of alkyl halides is 1. The first-order valence-electron chi connectivity index (χ1n) is 7.22. The Morgan fingerprint density at radius 3 is 2.95 bits per heavy atom. The second kappa shape index (κ2) is 7.66. The number of amides is 1. The Balaban J connectivity index is 2.16. The second-order valence-corrected chi connectivity index (χ2v) is 5.60. The topological polar surface area (TPSA) is 38.8 Å². The van der Waals surface area contributed by atoms with Gasteiger partial charge in [-0.2, -0.15) is 0 Å². The van der Waals surface area contributed by atoms with E-state index in [1.54, 1.807) is 7.11 Å². The zero-order valence-corrected chi connectivity index (χ0v) is 13.4. The van der Waals surface area contributed by atoms with Gasteiger partial charge < -0.3 is 14.4 Å². The third kappa shape index (κ3) is 4.11. The van der Waals surface area contributed by atoms with Crippen molar-refractivity contribution in [2.75, 3.05) is 26.2 Å². The number of hydrogen-bond donors (Lipinski definition) is 0. The van der Waals surface area contributed by atoms with Crippen LogP contribution in [0.25, 0.3) is 0 Å². The van der Waals surface area contributed by atoms with Crippen LogP contribution in [0.1, 0.15) is 24.0 Å². The van der Waals surface area contributed by atoms with E-state index in [0.29, 0.717) is 13.2 Å². The molecule has 1 unspecified atom stereocenters. The zero-order chi connectivity index (χ0) is 15.2. The maximum atomic E-state index is 12.1. The van der Waals surface area contributed by atoms with E-state index < -0.39 is 0 Å². The molecule has 21 heavy (non-hydrogen) atoms. The number of ether oxygens (including phenoxy) is 2. The highest BCUT2D eigenvalue weighted by Gasteiger charge is 2.25. The van der Waals surface area contributed by atoms with Crippen LogP contribution in [0.3, 0.4) is 0 Å². The summed E-state index contributed by atoms with van der Waals surface area (Å²) in [5, 5.41) is 0. The Labute approximate surface area is 131 Å². The summed E-state index contributed by atoms with van der Waals surface area (Å²) >= 11 is 5.76. The standard InChI is InChI=1S/C16H22ClNO3/c1-12-5-6-13(8-15(12)20-2)10-18(16(19)9-17)14-4-3-7-21-11-14/h5-6,8,14H,3-4,7,9-11H2,1-2H3. The highest BCUT2D eigenvalue weighted by atomic mass is 35.5. The van der Waals surface area contributed by atoms with Gasteiger partial charge >= 0.3 is 0 Å². The van der Waals surface area contributed by atoms with Gasteiger partial charge in [-0.05, 0) is 37.0 Å². The van der Waals surface area contributed by atoms with Gasteiger partial charge in [0, 0.05) is 13.2 Å². The first kappa shape index (κ1) is 16.1. The summed E-state index contributed by atoms with van der Waals surface area (Å²) in [6, 6.07) is 6.12. The largest absolute Gasteiger partial charge is 0.496 e. The van der Waals surface area contributed by atoms with Gasteiger partial charge in [-0.15, -0.1) is 11.6 Å². The molecule has 116 valence electrons. The van der Waals surface area contributed by atoms with Crippen molar-refractivity contribution >= 4 is 17.5 Å². The van der Waals surface area contributed by atoms with Gasteiger partial charge in [-0.3, -0.25) is 4.79 Å². The third-order valence-corrected chi connectivity index (χ3v) is 4.07. The van der Waals surface area contributed by atoms with Gasteiger partial charge in [0.05, 0.1) is 19.8 Å². The van der Waals surface area contributed by atoms with E-state index in [1.165, 1.54) is 0 Å². The fraction of sp³-hybridized carbons (Fsp3) is 0.562. The van der Waals surface area contributed by atoms with E-state index in [4.69, 9.17) is 21.1 Å². The molecule has 1 fully saturated rings. The fourth-order valence-electron chi connectivity index (χ4n) is 2.63. The monoisotopic (exact) mass is 311 g/mol. The maximum absolute atomic E-state index is 12.1. The van der Waals surface area contributed by atoms with Crippen LogP contribution in [0.5, 0.6) is 5.75 Å². The van der Waals surface area contributed by atoms with Gasteiger partial charge in [-0.25, -0.2) is 0 Å². The lowest BCUT2D eigenvalue weighted by atomic mass is 10.1. The fourth-order valence-corrected chi connectivity index (χ4v) is 2.78. The van der Waals surface area contributed by atoms with Crippen LogP contribution < -0.4 is 4.74 Å². The third-order valence-electron chi connectivity index (χ3n) is 3.84. The molecule has 0 saturated carbocycles. The molecule has 0 aromatic heterocycles. The van der Waals surface area contributed by atoms with Crippen molar-refractivity contribution in [3.8, 4) is 5.75 Å². The molecule has 1 heterocycles. The van der Waals surface area contributed by atoms with Crippen molar-refractivity contribution in [3.05, 3.63) is 29.3 Å². The molecule has 1 aromatic carbocycles. The van der Waals surface area contributed by atoms with Gasteiger partial charge in [0.1, 0.15) is 11.6 Å². The first-order chi connectivity index (χ1) is 10.2. The molecule has 0 spiro atoms. The number of aryl methyl sites for hydroxylation is 1. The van der Waals surface area contributed by atoms with Gasteiger partial charge in [0.2, 0.25) is 5.91 Å². The minimum absolute atomic E-state index is 0.000500. The van der Waals surface area contributed by atoms with Crippen LogP contribution in [0, 0.1) is 6.92 Å². The van der Waals surface area contributed by atoms with Crippen molar-refractivity contribution in [1.29, 1.82) is 0 Å². The van der Waals surface area contributed by atoms with Gasteiger partial charge in [0.15, 0.2) is 0 Å². The highest BCUT2D eigenvalue weighted by molar-refractivity contribution is 6.27. The van der Waals surface area contributed by atoms with Gasteiger partial charge in [0.25, 0.3) is 0 Å². The lowest BCUT2D eigenvalue weighted by molar-refractivity contribution is -0.134. The molecule has 1 saturated heterocycles. The van der Waals surface area contributed by atoms with E-state index in [-0.39, 0.29) is 17.8 Å². The minimum Gasteiger partial charge on any atom is -0.496 e. The number of methoxy groups -OCH3 is 1. The van der Waals surface area contributed by atoms with E-state index in [2.05, 4.69) is 0 Å². The average molecular weight is 312 g/mol. The molecule has 1 aliphatic rings. The average Bonchev–Trinajstić information content (AvgIpc) is 2.54. The highest BCUT2D eigenvalue weighted by Crippen LogP contribution is 2.22. The van der Waals surface area contributed by atoms with Crippen LogP contribution in [0.15, 0.2) is 18.2 Å². The molecular weight excluding hydrogens is 290 g/mol. The Morgan fingerprint density at radius 1 is 1.52 bits per heavy atom. The van der Waals surface area contributed by atoms with Crippen molar-refractivity contribution in [2.24, 2.45) is 0 Å². The van der Waals surface area contributed by atoms with E-state index >= 15 is 0 Å². The summed E-state index contributed by atoms with van der Waals surface area (Å²) in [6.45, 7) is 3.90. The normalized spacial score (nSPS) is 18.3. The Bertz CT molecular complexity index is 486. The van der Waals surface area contributed by atoms with Crippen LogP contribution in [0.4, 0.5) is 0 Å². The van der Waals surface area contributed by atoms with Crippen molar-refractivity contribution in [3.63, 3.8) is 0 Å². The SMILES string of the molecule is COc1cc(CN(C(=O)CCl)C2CCCOC2)ccc1C. The van der Waals surface area contributed by atoms with Crippen molar-refractivity contribution in [2.45, 2.75) is 32.4 Å². The lowest BCUT2D eigenvalue weighted by Gasteiger charge is -2.34. The number of halogens is 1. The summed E-state index contributed by atoms with van der Waals surface area (Å²) in [6.07, 6.45) is 1.94. The molecule has 0 aliphatic carbocycles. The molecule has 2 rings (SSSR count). The molecule has 1 atom stereocenters. The Morgan fingerprint density at radius 2 is 2.33 bits per heavy atom. The maximum Gasteiger partial charge on any atom is 0.238 e. The summed E-state index contributed by atoms with van der Waals surface area (Å²) in [5.41, 5.74) is 2.12. The molecular formula is C16H22ClNO3. The second-order valence-electron chi connectivity index (χ2n) is 5.33. The molecule has 1 amide bonds. The molecule has 0 bridgehead atoms. The number of rotatable bonds is 5. The molecule has 1 aliphatic heterocycles. The Kier molecular flexibility index (Phi) is 5.88.